The van der Waals surface area contributed by atoms with Gasteiger partial charge in [-0.3, -0.25) is 0 Å². The van der Waals surface area contributed by atoms with Crippen molar-refractivity contribution < 1.29 is 0 Å². The van der Waals surface area contributed by atoms with Gasteiger partial charge in [0, 0.05) is 31.4 Å². The van der Waals surface area contributed by atoms with Crippen LogP contribution in [0.3, 0.4) is 0 Å². The molecule has 0 spiro atoms. The maximum absolute atomic E-state index is 4.49. The topological polar surface area (TPSA) is 28.2 Å². The van der Waals surface area contributed by atoms with Crippen molar-refractivity contribution in [2.24, 2.45) is 11.8 Å². The molecule has 3 rings (SSSR count). The molecule has 2 fully saturated rings. The Balaban J connectivity index is 1.93. The van der Waals surface area contributed by atoms with E-state index >= 15 is 0 Å². The van der Waals surface area contributed by atoms with E-state index in [1.807, 2.05) is 12.3 Å². The quantitative estimate of drug-likeness (QED) is 0.773. The molecule has 2 aliphatic heterocycles. The Bertz CT molecular complexity index is 374. The number of nitrogens with zero attached hydrogens (tertiary/aromatic N) is 2. The molecule has 2 unspecified atom stereocenters. The average Bonchev–Trinajstić information content (AvgIpc) is 2.83. The molecule has 3 heteroatoms. The van der Waals surface area contributed by atoms with Gasteiger partial charge < -0.3 is 10.2 Å². The van der Waals surface area contributed by atoms with Crippen LogP contribution in [0.25, 0.3) is 0 Å². The van der Waals surface area contributed by atoms with Gasteiger partial charge in [-0.1, -0.05) is 6.07 Å². The van der Waals surface area contributed by atoms with E-state index < -0.39 is 0 Å². The van der Waals surface area contributed by atoms with Crippen LogP contribution in [-0.2, 0) is 0 Å². The second-order valence-electron chi connectivity index (χ2n) is 5.48. The fraction of sp³-hybridized carbons (Fsp3) is 0.615. The number of pyridine rings is 1. The molecule has 1 aromatic heterocycles. The molecule has 16 heavy (non-hydrogen) atoms. The molecule has 3 nitrogen and oxygen atoms in total. The number of anilines is 1. The van der Waals surface area contributed by atoms with Gasteiger partial charge in [-0.15, -0.1) is 0 Å². The number of rotatable bonds is 1. The highest BCUT2D eigenvalue weighted by atomic mass is 15.3. The zero-order chi connectivity index (χ0) is 11.2. The first-order valence-corrected chi connectivity index (χ1v) is 6.09. The van der Waals surface area contributed by atoms with E-state index in [-0.39, 0.29) is 5.54 Å². The van der Waals surface area contributed by atoms with Crippen molar-refractivity contribution >= 4 is 5.82 Å². The minimum Gasteiger partial charge on any atom is -0.351 e. The predicted octanol–water partition coefficient (Wildman–Crippen LogP) is 1.52. The summed E-state index contributed by atoms with van der Waals surface area (Å²) < 4.78 is 0. The van der Waals surface area contributed by atoms with Crippen molar-refractivity contribution in [3.05, 3.63) is 24.4 Å². The van der Waals surface area contributed by atoms with Crippen molar-refractivity contribution in [1.82, 2.24) is 10.3 Å². The number of hydrogen-bond donors (Lipinski definition) is 1. The van der Waals surface area contributed by atoms with E-state index in [2.05, 4.69) is 41.2 Å². The minimum atomic E-state index is 0.225. The lowest BCUT2D eigenvalue weighted by Crippen LogP contribution is -2.44. The number of hydrogen-bond acceptors (Lipinski definition) is 3. The second-order valence-corrected chi connectivity index (χ2v) is 5.48. The Morgan fingerprint density at radius 2 is 2.25 bits per heavy atom. The van der Waals surface area contributed by atoms with Gasteiger partial charge in [-0.25, -0.2) is 4.98 Å². The van der Waals surface area contributed by atoms with Gasteiger partial charge in [0.15, 0.2) is 0 Å². The summed E-state index contributed by atoms with van der Waals surface area (Å²) in [5.41, 5.74) is 0.225. The highest BCUT2D eigenvalue weighted by Crippen LogP contribution is 2.42. The molecule has 0 radical (unpaired) electrons. The summed E-state index contributed by atoms with van der Waals surface area (Å²) >= 11 is 0. The number of fused-ring (bicyclic) bond motifs is 1. The minimum absolute atomic E-state index is 0.225. The van der Waals surface area contributed by atoms with E-state index in [1.165, 1.54) is 0 Å². The Kier molecular flexibility index (Phi) is 2.18. The summed E-state index contributed by atoms with van der Waals surface area (Å²) in [6.07, 6.45) is 1.89. The third kappa shape index (κ3) is 1.34. The summed E-state index contributed by atoms with van der Waals surface area (Å²) in [4.78, 5) is 6.96. The summed E-state index contributed by atoms with van der Waals surface area (Å²) in [6, 6.07) is 6.18. The normalized spacial score (nSPS) is 31.8. The second kappa shape index (κ2) is 3.45. The van der Waals surface area contributed by atoms with Crippen LogP contribution in [0.1, 0.15) is 13.8 Å². The molecule has 1 aromatic rings. The lowest BCUT2D eigenvalue weighted by molar-refractivity contribution is 0.356. The largest absolute Gasteiger partial charge is 0.351 e. The van der Waals surface area contributed by atoms with Crippen molar-refractivity contribution in [2.75, 3.05) is 24.5 Å². The monoisotopic (exact) mass is 217 g/mol. The lowest BCUT2D eigenvalue weighted by atomic mass is 9.85. The first kappa shape index (κ1) is 10.1. The van der Waals surface area contributed by atoms with Crippen LogP contribution in [-0.4, -0.2) is 30.2 Å². The highest BCUT2D eigenvalue weighted by molar-refractivity contribution is 5.44. The lowest BCUT2D eigenvalue weighted by Gasteiger charge is -2.36. The zero-order valence-electron chi connectivity index (χ0n) is 9.98. The standard InChI is InChI=1S/C13H19N3/c1-13(2)11-8-14-7-10(11)9-16(13)12-5-3-4-6-15-12/h3-6,10-11,14H,7-9H2,1-2H3. The van der Waals surface area contributed by atoms with Gasteiger partial charge in [-0.2, -0.15) is 0 Å². The van der Waals surface area contributed by atoms with Gasteiger partial charge in [0.25, 0.3) is 0 Å². The summed E-state index contributed by atoms with van der Waals surface area (Å²) in [5.74, 6) is 2.67. The summed E-state index contributed by atoms with van der Waals surface area (Å²) in [6.45, 7) is 8.15. The van der Waals surface area contributed by atoms with E-state index in [1.54, 1.807) is 0 Å². The summed E-state index contributed by atoms with van der Waals surface area (Å²) in [7, 11) is 0. The van der Waals surface area contributed by atoms with Crippen LogP contribution >= 0.6 is 0 Å². The molecular weight excluding hydrogens is 198 g/mol. The van der Waals surface area contributed by atoms with Gasteiger partial charge in [-0.05, 0) is 37.8 Å². The Labute approximate surface area is 96.9 Å². The van der Waals surface area contributed by atoms with Crippen LogP contribution in [0.4, 0.5) is 5.82 Å². The van der Waals surface area contributed by atoms with Crippen molar-refractivity contribution in [2.45, 2.75) is 19.4 Å². The van der Waals surface area contributed by atoms with Crippen LogP contribution in [0.5, 0.6) is 0 Å². The van der Waals surface area contributed by atoms with Crippen LogP contribution < -0.4 is 10.2 Å². The molecule has 0 saturated carbocycles. The van der Waals surface area contributed by atoms with Crippen molar-refractivity contribution in [3.8, 4) is 0 Å². The fourth-order valence-electron chi connectivity index (χ4n) is 3.32. The first-order chi connectivity index (χ1) is 7.69. The zero-order valence-corrected chi connectivity index (χ0v) is 9.98. The molecule has 0 bridgehead atoms. The third-order valence-corrected chi connectivity index (χ3v) is 4.29. The molecule has 2 aliphatic rings. The van der Waals surface area contributed by atoms with Crippen LogP contribution in [0.15, 0.2) is 24.4 Å². The predicted molar refractivity (Wildman–Crippen MR) is 65.5 cm³/mol. The molecular formula is C13H19N3. The molecule has 3 heterocycles. The number of nitrogens with one attached hydrogen (secondary N) is 1. The Hall–Kier alpha value is -1.09. The van der Waals surface area contributed by atoms with Gasteiger partial charge >= 0.3 is 0 Å². The highest BCUT2D eigenvalue weighted by Gasteiger charge is 2.49. The van der Waals surface area contributed by atoms with E-state index in [9.17, 15) is 0 Å². The van der Waals surface area contributed by atoms with Crippen molar-refractivity contribution in [3.63, 3.8) is 0 Å². The molecule has 2 saturated heterocycles. The fourth-order valence-corrected chi connectivity index (χ4v) is 3.32. The van der Waals surface area contributed by atoms with Gasteiger partial charge in [0.2, 0.25) is 0 Å². The third-order valence-electron chi connectivity index (χ3n) is 4.29. The maximum atomic E-state index is 4.49. The van der Waals surface area contributed by atoms with Crippen molar-refractivity contribution in [1.29, 1.82) is 0 Å². The maximum Gasteiger partial charge on any atom is 0.128 e. The SMILES string of the molecule is CC1(C)C2CNCC2CN1c1ccccn1. The molecule has 2 atom stereocenters. The summed E-state index contributed by atoms with van der Waals surface area (Å²) in [5, 5.41) is 3.50. The van der Waals surface area contributed by atoms with Gasteiger partial charge in [0.1, 0.15) is 5.82 Å². The molecule has 86 valence electrons. The van der Waals surface area contributed by atoms with Gasteiger partial charge in [0.05, 0.1) is 0 Å². The first-order valence-electron chi connectivity index (χ1n) is 6.09. The molecule has 1 N–H and O–H groups in total. The Morgan fingerprint density at radius 1 is 1.38 bits per heavy atom. The van der Waals surface area contributed by atoms with E-state index in [4.69, 9.17) is 0 Å². The smallest absolute Gasteiger partial charge is 0.128 e. The Morgan fingerprint density at radius 3 is 2.94 bits per heavy atom. The van der Waals surface area contributed by atoms with Crippen LogP contribution in [0, 0.1) is 11.8 Å². The van der Waals surface area contributed by atoms with E-state index in [0.717, 1.165) is 37.3 Å². The van der Waals surface area contributed by atoms with E-state index in [0.29, 0.717) is 0 Å². The average molecular weight is 217 g/mol. The van der Waals surface area contributed by atoms with Crippen LogP contribution in [0.2, 0.25) is 0 Å². The molecule has 0 aliphatic carbocycles. The molecule has 0 amide bonds. The molecule has 0 aromatic carbocycles. The number of aromatic nitrogens is 1.